The number of hydrogen-bond acceptors (Lipinski definition) is 2. The highest BCUT2D eigenvalue weighted by molar-refractivity contribution is 4.86. The summed E-state index contributed by atoms with van der Waals surface area (Å²) in [5.74, 6) is 0.849. The number of likely N-dealkylation sites (tertiary alicyclic amines) is 1. The third kappa shape index (κ3) is 3.58. The van der Waals surface area contributed by atoms with E-state index in [9.17, 15) is 0 Å². The predicted octanol–water partition coefficient (Wildman–Crippen LogP) is 2.06. The highest BCUT2D eigenvalue weighted by Gasteiger charge is 2.28. The Hall–Kier alpha value is -0.0800. The van der Waals surface area contributed by atoms with Gasteiger partial charge in [0.25, 0.3) is 0 Å². The van der Waals surface area contributed by atoms with Gasteiger partial charge >= 0.3 is 0 Å². The Balaban J connectivity index is 2.05. The molecular formula is C12H26N2. The van der Waals surface area contributed by atoms with Gasteiger partial charge in [0.05, 0.1) is 0 Å². The molecule has 1 fully saturated rings. The van der Waals surface area contributed by atoms with Crippen LogP contribution in [0.15, 0.2) is 0 Å². The average Bonchev–Trinajstić information content (AvgIpc) is 2.01. The molecule has 0 aliphatic carbocycles. The molecule has 0 amide bonds. The first-order valence-corrected chi connectivity index (χ1v) is 6.06. The predicted molar refractivity (Wildman–Crippen MR) is 62.6 cm³/mol. The van der Waals surface area contributed by atoms with E-state index in [-0.39, 0.29) is 0 Å². The molecule has 14 heavy (non-hydrogen) atoms. The van der Waals surface area contributed by atoms with E-state index in [4.69, 9.17) is 0 Å². The van der Waals surface area contributed by atoms with E-state index < -0.39 is 0 Å². The zero-order valence-corrected chi connectivity index (χ0v) is 10.3. The van der Waals surface area contributed by atoms with Crippen molar-refractivity contribution in [3.63, 3.8) is 0 Å². The standard InChI is InChI=1S/C12H26N2/c1-5-7-13(4)12-9-14(10-12)8-6-11(2)3/h11-12H,5-10H2,1-4H3. The van der Waals surface area contributed by atoms with Crippen LogP contribution in [-0.2, 0) is 0 Å². The molecule has 0 spiro atoms. The third-order valence-corrected chi connectivity index (χ3v) is 3.16. The summed E-state index contributed by atoms with van der Waals surface area (Å²) in [7, 11) is 2.26. The number of likely N-dealkylation sites (N-methyl/N-ethyl adjacent to an activating group) is 1. The van der Waals surface area contributed by atoms with Crippen LogP contribution in [0.4, 0.5) is 0 Å². The van der Waals surface area contributed by atoms with Gasteiger partial charge in [-0.15, -0.1) is 0 Å². The lowest BCUT2D eigenvalue weighted by Gasteiger charge is -2.44. The Kier molecular flexibility index (Phi) is 4.90. The zero-order valence-electron chi connectivity index (χ0n) is 10.3. The van der Waals surface area contributed by atoms with E-state index in [1.807, 2.05) is 0 Å². The first kappa shape index (κ1) is 12.0. The first-order valence-electron chi connectivity index (χ1n) is 6.06. The van der Waals surface area contributed by atoms with Crippen molar-refractivity contribution in [2.75, 3.05) is 33.2 Å². The van der Waals surface area contributed by atoms with Crippen LogP contribution in [0, 0.1) is 5.92 Å². The van der Waals surface area contributed by atoms with Crippen molar-refractivity contribution in [2.45, 2.75) is 39.7 Å². The molecule has 84 valence electrons. The molecule has 0 N–H and O–H groups in total. The summed E-state index contributed by atoms with van der Waals surface area (Å²) in [4.78, 5) is 5.09. The molecule has 1 aliphatic heterocycles. The quantitative estimate of drug-likeness (QED) is 0.644. The minimum absolute atomic E-state index is 0.835. The first-order chi connectivity index (χ1) is 6.63. The lowest BCUT2D eigenvalue weighted by molar-refractivity contribution is 0.0463. The molecule has 0 atom stereocenters. The Morgan fingerprint density at radius 2 is 2.00 bits per heavy atom. The topological polar surface area (TPSA) is 6.48 Å². The molecule has 1 aliphatic rings. The summed E-state index contributed by atoms with van der Waals surface area (Å²) < 4.78 is 0. The number of rotatable bonds is 6. The van der Waals surface area contributed by atoms with Gasteiger partial charge in [-0.1, -0.05) is 20.8 Å². The molecule has 0 aromatic heterocycles. The summed E-state index contributed by atoms with van der Waals surface area (Å²) in [6, 6.07) is 0.835. The van der Waals surface area contributed by atoms with Crippen molar-refractivity contribution >= 4 is 0 Å². The molecule has 1 rings (SSSR count). The molecule has 2 nitrogen and oxygen atoms in total. The smallest absolute Gasteiger partial charge is 0.0347 e. The van der Waals surface area contributed by atoms with Gasteiger partial charge in [-0.2, -0.15) is 0 Å². The molecule has 0 aromatic rings. The van der Waals surface area contributed by atoms with Crippen molar-refractivity contribution < 1.29 is 0 Å². The molecule has 1 saturated heterocycles. The second-order valence-electron chi connectivity index (χ2n) is 5.08. The van der Waals surface area contributed by atoms with Crippen LogP contribution < -0.4 is 0 Å². The van der Waals surface area contributed by atoms with Gasteiger partial charge in [-0.05, 0) is 38.9 Å². The van der Waals surface area contributed by atoms with E-state index in [0.29, 0.717) is 0 Å². The average molecular weight is 198 g/mol. The maximum Gasteiger partial charge on any atom is 0.0347 e. The van der Waals surface area contributed by atoms with Crippen LogP contribution in [0.2, 0.25) is 0 Å². The van der Waals surface area contributed by atoms with Crippen molar-refractivity contribution in [3.05, 3.63) is 0 Å². The molecule has 0 radical (unpaired) electrons. The normalized spacial score (nSPS) is 19.3. The van der Waals surface area contributed by atoms with Gasteiger partial charge in [0, 0.05) is 19.1 Å². The molecule has 0 unspecified atom stereocenters. The van der Waals surface area contributed by atoms with E-state index in [2.05, 4.69) is 37.6 Å². The second kappa shape index (κ2) is 5.72. The van der Waals surface area contributed by atoms with Gasteiger partial charge in [0.15, 0.2) is 0 Å². The van der Waals surface area contributed by atoms with E-state index in [0.717, 1.165) is 12.0 Å². The van der Waals surface area contributed by atoms with Crippen molar-refractivity contribution in [1.82, 2.24) is 9.80 Å². The van der Waals surface area contributed by atoms with Crippen molar-refractivity contribution in [1.29, 1.82) is 0 Å². The van der Waals surface area contributed by atoms with Crippen molar-refractivity contribution in [2.24, 2.45) is 5.92 Å². The number of hydrogen-bond donors (Lipinski definition) is 0. The fourth-order valence-corrected chi connectivity index (χ4v) is 1.98. The zero-order chi connectivity index (χ0) is 10.6. The monoisotopic (exact) mass is 198 g/mol. The third-order valence-electron chi connectivity index (χ3n) is 3.16. The van der Waals surface area contributed by atoms with Crippen LogP contribution in [0.1, 0.15) is 33.6 Å². The van der Waals surface area contributed by atoms with E-state index in [1.54, 1.807) is 0 Å². The summed E-state index contributed by atoms with van der Waals surface area (Å²) in [6.45, 7) is 12.0. The molecule has 0 aromatic carbocycles. The maximum absolute atomic E-state index is 2.58. The van der Waals surface area contributed by atoms with Crippen LogP contribution in [0.5, 0.6) is 0 Å². The summed E-state index contributed by atoms with van der Waals surface area (Å²) >= 11 is 0. The highest BCUT2D eigenvalue weighted by atomic mass is 15.3. The summed E-state index contributed by atoms with van der Waals surface area (Å²) in [5, 5.41) is 0. The number of nitrogens with zero attached hydrogens (tertiary/aromatic N) is 2. The molecule has 0 saturated carbocycles. The van der Waals surface area contributed by atoms with Crippen LogP contribution in [0.3, 0.4) is 0 Å². The molecule has 2 heteroatoms. The molecular weight excluding hydrogens is 172 g/mol. The van der Waals surface area contributed by atoms with Gasteiger partial charge < -0.3 is 9.80 Å². The Labute approximate surface area is 89.3 Å². The van der Waals surface area contributed by atoms with Gasteiger partial charge in [0.2, 0.25) is 0 Å². The van der Waals surface area contributed by atoms with Crippen LogP contribution in [0.25, 0.3) is 0 Å². The highest BCUT2D eigenvalue weighted by Crippen LogP contribution is 2.15. The second-order valence-corrected chi connectivity index (χ2v) is 5.08. The maximum atomic E-state index is 2.58. The fourth-order valence-electron chi connectivity index (χ4n) is 1.98. The largest absolute Gasteiger partial charge is 0.301 e. The SMILES string of the molecule is CCCN(C)C1CN(CCC(C)C)C1. The minimum Gasteiger partial charge on any atom is -0.301 e. The van der Waals surface area contributed by atoms with E-state index in [1.165, 1.54) is 39.0 Å². The fraction of sp³-hybridized carbons (Fsp3) is 1.00. The Bertz CT molecular complexity index is 150. The van der Waals surface area contributed by atoms with Gasteiger partial charge in [-0.3, -0.25) is 0 Å². The van der Waals surface area contributed by atoms with E-state index >= 15 is 0 Å². The summed E-state index contributed by atoms with van der Waals surface area (Å²) in [6.07, 6.45) is 2.63. The van der Waals surface area contributed by atoms with Gasteiger partial charge in [0.1, 0.15) is 0 Å². The molecule has 0 bridgehead atoms. The minimum atomic E-state index is 0.835. The summed E-state index contributed by atoms with van der Waals surface area (Å²) in [5.41, 5.74) is 0. The lowest BCUT2D eigenvalue weighted by atomic mass is 10.0. The van der Waals surface area contributed by atoms with Crippen LogP contribution in [-0.4, -0.2) is 49.1 Å². The lowest BCUT2D eigenvalue weighted by Crippen LogP contribution is -2.58. The Morgan fingerprint density at radius 3 is 2.50 bits per heavy atom. The Morgan fingerprint density at radius 1 is 1.36 bits per heavy atom. The van der Waals surface area contributed by atoms with Gasteiger partial charge in [-0.25, -0.2) is 0 Å². The molecule has 1 heterocycles. The van der Waals surface area contributed by atoms with Crippen molar-refractivity contribution in [3.8, 4) is 0 Å². The van der Waals surface area contributed by atoms with Crippen LogP contribution >= 0.6 is 0 Å².